The highest BCUT2D eigenvalue weighted by Crippen LogP contribution is 2.13. The summed E-state index contributed by atoms with van der Waals surface area (Å²) in [6, 6.07) is 1.13. The number of aliphatic hydroxyl groups excluding tert-OH is 2. The average Bonchev–Trinajstić information content (AvgIpc) is 2.34. The number of alkyl halides is 1. The summed E-state index contributed by atoms with van der Waals surface area (Å²) in [6.45, 7) is 2.00. The number of H-pyrrole nitrogens is 1. The number of aliphatic hydroxyl groups is 2. The van der Waals surface area contributed by atoms with E-state index in [2.05, 4.69) is 0 Å². The molecule has 108 valence electrons. The van der Waals surface area contributed by atoms with E-state index in [0.717, 1.165) is 17.6 Å². The highest BCUT2D eigenvalue weighted by molar-refractivity contribution is 4.84. The number of ether oxygens (including phenoxy) is 1. The van der Waals surface area contributed by atoms with Crippen molar-refractivity contribution in [3.8, 4) is 0 Å². The van der Waals surface area contributed by atoms with E-state index in [1.54, 1.807) is 0 Å². The molecule has 3 N–H and O–H groups in total. The van der Waals surface area contributed by atoms with E-state index in [9.17, 15) is 19.1 Å². The Balaban J connectivity index is 2.85. The Hall–Kier alpha value is -1.51. The van der Waals surface area contributed by atoms with Gasteiger partial charge in [0, 0.05) is 12.3 Å². The number of hydrogen-bond donors (Lipinski definition) is 3. The Bertz CT molecular complexity index is 512. The fourth-order valence-electron chi connectivity index (χ4n) is 1.56. The predicted octanol–water partition coefficient (Wildman–Crippen LogP) is -0.848. The molecule has 0 spiro atoms. The van der Waals surface area contributed by atoms with Crippen molar-refractivity contribution in [1.29, 1.82) is 0 Å². The van der Waals surface area contributed by atoms with Crippen LogP contribution >= 0.6 is 0 Å². The predicted molar refractivity (Wildman–Crippen MR) is 64.6 cm³/mol. The Kier molecular flexibility index (Phi) is 5.40. The molecule has 0 aliphatic heterocycles. The second-order valence-electron chi connectivity index (χ2n) is 4.14. The highest BCUT2D eigenvalue weighted by Gasteiger charge is 2.27. The lowest BCUT2D eigenvalue weighted by Gasteiger charge is -2.26. The van der Waals surface area contributed by atoms with Gasteiger partial charge in [0.15, 0.2) is 0 Å². The van der Waals surface area contributed by atoms with Crippen LogP contribution in [0.2, 0.25) is 0 Å². The number of halogens is 1. The number of aromatic amines is 1. The summed E-state index contributed by atoms with van der Waals surface area (Å²) in [6.07, 6.45) is -3.93. The van der Waals surface area contributed by atoms with Gasteiger partial charge >= 0.3 is 5.69 Å². The zero-order valence-corrected chi connectivity index (χ0v) is 10.6. The van der Waals surface area contributed by atoms with Gasteiger partial charge in [0.25, 0.3) is 5.56 Å². The Morgan fingerprint density at radius 2 is 2.11 bits per heavy atom. The maximum Gasteiger partial charge on any atom is 0.330 e. The van der Waals surface area contributed by atoms with Crippen LogP contribution < -0.4 is 11.2 Å². The van der Waals surface area contributed by atoms with Crippen molar-refractivity contribution in [2.45, 2.75) is 38.5 Å². The van der Waals surface area contributed by atoms with Gasteiger partial charge < -0.3 is 14.9 Å². The molecule has 0 bridgehead atoms. The zero-order valence-electron chi connectivity index (χ0n) is 10.6. The normalized spacial score (nSPS) is 17.7. The molecule has 1 aromatic heterocycles. The summed E-state index contributed by atoms with van der Waals surface area (Å²) < 4.78 is 19.2. The lowest BCUT2D eigenvalue weighted by atomic mass is 10.1. The van der Waals surface area contributed by atoms with Crippen LogP contribution in [0, 0.1) is 0 Å². The van der Waals surface area contributed by atoms with Crippen LogP contribution in [0.1, 0.15) is 20.1 Å². The first-order valence-corrected chi connectivity index (χ1v) is 5.76. The quantitative estimate of drug-likeness (QED) is 0.628. The molecular weight excluding hydrogens is 259 g/mol. The van der Waals surface area contributed by atoms with Gasteiger partial charge in [-0.1, -0.05) is 0 Å². The molecule has 1 rings (SSSR count). The van der Waals surface area contributed by atoms with Crippen molar-refractivity contribution in [2.24, 2.45) is 0 Å². The molecule has 4 atom stereocenters. The second-order valence-corrected chi connectivity index (χ2v) is 4.14. The first-order valence-electron chi connectivity index (χ1n) is 5.76. The second kappa shape index (κ2) is 6.60. The van der Waals surface area contributed by atoms with Gasteiger partial charge in [-0.25, -0.2) is 9.18 Å². The first-order chi connectivity index (χ1) is 8.86. The number of nitrogens with zero attached hydrogens (tertiary/aromatic N) is 1. The molecule has 7 nitrogen and oxygen atoms in total. The fourth-order valence-corrected chi connectivity index (χ4v) is 1.56. The zero-order chi connectivity index (χ0) is 14.6. The van der Waals surface area contributed by atoms with Crippen molar-refractivity contribution in [3.05, 3.63) is 33.1 Å². The van der Waals surface area contributed by atoms with Crippen LogP contribution in [-0.4, -0.2) is 44.8 Å². The third kappa shape index (κ3) is 3.98. The maximum absolute atomic E-state index is 13.0. The van der Waals surface area contributed by atoms with E-state index < -0.39 is 42.5 Å². The molecule has 1 heterocycles. The minimum atomic E-state index is -1.59. The SMILES string of the molecule is CC(F)C(O)C(CO)O[C@H](C)n1ccc(=O)[nH]c1=O. The molecule has 0 aromatic carbocycles. The molecule has 0 aliphatic rings. The van der Waals surface area contributed by atoms with Gasteiger partial charge in [-0.2, -0.15) is 0 Å². The summed E-state index contributed by atoms with van der Waals surface area (Å²) in [4.78, 5) is 24.4. The monoisotopic (exact) mass is 276 g/mol. The summed E-state index contributed by atoms with van der Waals surface area (Å²) >= 11 is 0. The van der Waals surface area contributed by atoms with E-state index in [-0.39, 0.29) is 0 Å². The summed E-state index contributed by atoms with van der Waals surface area (Å²) in [7, 11) is 0. The van der Waals surface area contributed by atoms with Gasteiger partial charge in [-0.05, 0) is 13.8 Å². The van der Waals surface area contributed by atoms with Crippen LogP contribution in [0.5, 0.6) is 0 Å². The van der Waals surface area contributed by atoms with Crippen LogP contribution in [0.15, 0.2) is 21.9 Å². The molecule has 0 aliphatic carbocycles. The largest absolute Gasteiger partial charge is 0.394 e. The number of aromatic nitrogens is 2. The molecule has 19 heavy (non-hydrogen) atoms. The smallest absolute Gasteiger partial charge is 0.330 e. The third-order valence-corrected chi connectivity index (χ3v) is 2.65. The van der Waals surface area contributed by atoms with E-state index in [1.165, 1.54) is 13.1 Å². The van der Waals surface area contributed by atoms with Gasteiger partial charge in [-0.15, -0.1) is 0 Å². The minimum absolute atomic E-state index is 0.551. The van der Waals surface area contributed by atoms with Crippen molar-refractivity contribution < 1.29 is 19.3 Å². The van der Waals surface area contributed by atoms with E-state index in [0.29, 0.717) is 0 Å². The Labute approximate surface area is 108 Å². The van der Waals surface area contributed by atoms with Gasteiger partial charge in [0.05, 0.1) is 6.61 Å². The number of nitrogens with one attached hydrogen (secondary N) is 1. The van der Waals surface area contributed by atoms with E-state index in [1.807, 2.05) is 4.98 Å². The highest BCUT2D eigenvalue weighted by atomic mass is 19.1. The molecule has 3 unspecified atom stereocenters. The lowest BCUT2D eigenvalue weighted by molar-refractivity contribution is -0.132. The topological polar surface area (TPSA) is 105 Å². The molecule has 0 saturated heterocycles. The van der Waals surface area contributed by atoms with Crippen molar-refractivity contribution in [1.82, 2.24) is 9.55 Å². The van der Waals surface area contributed by atoms with Gasteiger partial charge in [0.2, 0.25) is 0 Å². The van der Waals surface area contributed by atoms with Gasteiger partial charge in [-0.3, -0.25) is 14.3 Å². The van der Waals surface area contributed by atoms with Crippen molar-refractivity contribution >= 4 is 0 Å². The molecule has 8 heteroatoms. The lowest BCUT2D eigenvalue weighted by Crippen LogP contribution is -2.41. The fraction of sp³-hybridized carbons (Fsp3) is 0.636. The molecule has 0 saturated carbocycles. The summed E-state index contributed by atoms with van der Waals surface area (Å²) in [5.41, 5.74) is -1.25. The molecule has 0 fully saturated rings. The minimum Gasteiger partial charge on any atom is -0.394 e. The molecule has 0 amide bonds. The maximum atomic E-state index is 13.0. The Morgan fingerprint density at radius 1 is 1.47 bits per heavy atom. The van der Waals surface area contributed by atoms with E-state index >= 15 is 0 Å². The van der Waals surface area contributed by atoms with Crippen molar-refractivity contribution in [2.75, 3.05) is 6.61 Å². The van der Waals surface area contributed by atoms with Crippen LogP contribution in [0.3, 0.4) is 0 Å². The van der Waals surface area contributed by atoms with Crippen LogP contribution in [0.25, 0.3) is 0 Å². The summed E-state index contributed by atoms with van der Waals surface area (Å²) in [5.74, 6) is 0. The van der Waals surface area contributed by atoms with Gasteiger partial charge in [0.1, 0.15) is 24.6 Å². The van der Waals surface area contributed by atoms with Crippen molar-refractivity contribution in [3.63, 3.8) is 0 Å². The van der Waals surface area contributed by atoms with Crippen LogP contribution in [-0.2, 0) is 4.74 Å². The number of hydrogen-bond acceptors (Lipinski definition) is 5. The van der Waals surface area contributed by atoms with Crippen LogP contribution in [0.4, 0.5) is 4.39 Å². The Morgan fingerprint density at radius 3 is 2.58 bits per heavy atom. The summed E-state index contributed by atoms with van der Waals surface area (Å²) in [5, 5.41) is 18.5. The number of rotatable bonds is 6. The molecule has 1 aromatic rings. The molecule has 0 radical (unpaired) electrons. The standard InChI is InChI=1S/C11H17FN2O5/c1-6(12)10(17)8(5-15)19-7(2)14-4-3-9(16)13-11(14)18/h3-4,6-8,10,15,17H,5H2,1-2H3,(H,13,16,18)/t6?,7-,8?,10?/m1/s1. The average molecular weight is 276 g/mol. The molecular formula is C11H17FN2O5. The third-order valence-electron chi connectivity index (χ3n) is 2.65. The first kappa shape index (κ1) is 15.5. The van der Waals surface area contributed by atoms with E-state index in [4.69, 9.17) is 9.84 Å².